The molecule has 1 saturated carbocycles. The van der Waals surface area contributed by atoms with Gasteiger partial charge in [-0.05, 0) is 38.5 Å². The van der Waals surface area contributed by atoms with E-state index in [0.717, 1.165) is 61.9 Å². The summed E-state index contributed by atoms with van der Waals surface area (Å²) in [6, 6.07) is 8.76. The first-order chi connectivity index (χ1) is 14.3. The van der Waals surface area contributed by atoms with Gasteiger partial charge in [-0.2, -0.15) is 11.8 Å². The quantitative estimate of drug-likeness (QED) is 0.281. The topological polar surface area (TPSA) is 58.1 Å². The standard InChI is InChI=1S/C22H36N4O2S.HI/c1-3-23-22(25-19-8-9-20(16-19)29-2)24-17-18-6-4-5-7-21(18)28-15-12-26-10-13-27-14-11-26;/h4-7,19-20H,3,8-17H2,1-2H3,(H2,23,24,25);1H. The number of hydrogen-bond donors (Lipinski definition) is 2. The van der Waals surface area contributed by atoms with Crippen molar-refractivity contribution in [2.45, 2.75) is 44.0 Å². The van der Waals surface area contributed by atoms with E-state index in [4.69, 9.17) is 14.5 Å². The van der Waals surface area contributed by atoms with Gasteiger partial charge in [0.25, 0.3) is 0 Å². The van der Waals surface area contributed by atoms with E-state index in [1.807, 2.05) is 23.9 Å². The first-order valence-corrected chi connectivity index (χ1v) is 12.2. The molecule has 0 spiro atoms. The second kappa shape index (κ2) is 14.4. The van der Waals surface area contributed by atoms with Crippen LogP contribution in [0.1, 0.15) is 31.7 Å². The molecule has 0 amide bonds. The Kier molecular flexibility index (Phi) is 12.2. The van der Waals surface area contributed by atoms with E-state index >= 15 is 0 Å². The summed E-state index contributed by atoms with van der Waals surface area (Å²) in [7, 11) is 0. The van der Waals surface area contributed by atoms with Crippen molar-refractivity contribution in [3.05, 3.63) is 29.8 Å². The van der Waals surface area contributed by atoms with Gasteiger partial charge in [0.15, 0.2) is 5.96 Å². The van der Waals surface area contributed by atoms with Crippen molar-refractivity contribution >= 4 is 41.7 Å². The molecule has 1 aliphatic carbocycles. The maximum Gasteiger partial charge on any atom is 0.191 e. The number of halogens is 1. The van der Waals surface area contributed by atoms with Crippen molar-refractivity contribution in [2.75, 3.05) is 52.3 Å². The Bertz CT molecular complexity index is 643. The summed E-state index contributed by atoms with van der Waals surface area (Å²) in [4.78, 5) is 7.23. The molecular weight excluding hydrogens is 511 g/mol. The van der Waals surface area contributed by atoms with Gasteiger partial charge in [-0.15, -0.1) is 24.0 Å². The van der Waals surface area contributed by atoms with E-state index in [2.05, 4.69) is 40.8 Å². The molecule has 170 valence electrons. The van der Waals surface area contributed by atoms with Gasteiger partial charge in [0.2, 0.25) is 0 Å². The summed E-state index contributed by atoms with van der Waals surface area (Å²) in [5.41, 5.74) is 1.13. The summed E-state index contributed by atoms with van der Waals surface area (Å²) in [5, 5.41) is 7.79. The monoisotopic (exact) mass is 548 g/mol. The predicted octanol–water partition coefficient (Wildman–Crippen LogP) is 3.35. The minimum atomic E-state index is 0. The van der Waals surface area contributed by atoms with Crippen molar-refractivity contribution in [2.24, 2.45) is 4.99 Å². The second-order valence-corrected chi connectivity index (χ2v) is 8.76. The number of para-hydroxylation sites is 1. The van der Waals surface area contributed by atoms with Gasteiger partial charge < -0.3 is 20.1 Å². The first kappa shape index (κ1) is 25.5. The highest BCUT2D eigenvalue weighted by molar-refractivity contribution is 14.0. The molecule has 1 aromatic rings. The number of ether oxygens (including phenoxy) is 2. The average Bonchev–Trinajstić information content (AvgIpc) is 3.21. The number of morpholine rings is 1. The molecule has 1 aromatic carbocycles. The third-order valence-corrected chi connectivity index (χ3v) is 6.65. The summed E-state index contributed by atoms with van der Waals surface area (Å²) in [5.74, 6) is 1.84. The lowest BCUT2D eigenvalue weighted by Gasteiger charge is -2.26. The Balaban J connectivity index is 0.00000320. The molecule has 2 N–H and O–H groups in total. The second-order valence-electron chi connectivity index (χ2n) is 7.62. The van der Waals surface area contributed by atoms with Gasteiger partial charge in [0.05, 0.1) is 19.8 Å². The predicted molar refractivity (Wildman–Crippen MR) is 138 cm³/mol. The molecule has 3 rings (SSSR count). The molecule has 2 aliphatic rings. The molecule has 0 bridgehead atoms. The van der Waals surface area contributed by atoms with E-state index in [1.165, 1.54) is 19.3 Å². The SMILES string of the molecule is CCNC(=NCc1ccccc1OCCN1CCOCC1)NC1CCC(SC)C1.I. The molecular formula is C22H37IN4O2S. The maximum absolute atomic E-state index is 6.10. The van der Waals surface area contributed by atoms with E-state index in [0.29, 0.717) is 19.2 Å². The number of thioether (sulfide) groups is 1. The normalized spacial score (nSPS) is 22.4. The zero-order valence-corrected chi connectivity index (χ0v) is 21.4. The van der Waals surface area contributed by atoms with Crippen LogP contribution in [0, 0.1) is 0 Å². The van der Waals surface area contributed by atoms with Gasteiger partial charge in [-0.3, -0.25) is 4.90 Å². The van der Waals surface area contributed by atoms with Crippen LogP contribution in [0.25, 0.3) is 0 Å². The van der Waals surface area contributed by atoms with Crippen LogP contribution in [0.4, 0.5) is 0 Å². The molecule has 6 nitrogen and oxygen atoms in total. The van der Waals surface area contributed by atoms with Gasteiger partial charge in [0.1, 0.15) is 12.4 Å². The van der Waals surface area contributed by atoms with Crippen LogP contribution in [-0.2, 0) is 11.3 Å². The van der Waals surface area contributed by atoms with Crippen LogP contribution in [0.2, 0.25) is 0 Å². The summed E-state index contributed by atoms with van der Waals surface area (Å²) in [6.45, 7) is 8.84. The first-order valence-electron chi connectivity index (χ1n) is 10.9. The molecule has 2 unspecified atom stereocenters. The minimum absolute atomic E-state index is 0. The third kappa shape index (κ3) is 8.43. The smallest absolute Gasteiger partial charge is 0.191 e. The fourth-order valence-electron chi connectivity index (χ4n) is 3.85. The van der Waals surface area contributed by atoms with Crippen molar-refractivity contribution in [1.82, 2.24) is 15.5 Å². The summed E-state index contributed by atoms with van der Waals surface area (Å²) in [6.07, 6.45) is 5.93. The fraction of sp³-hybridized carbons (Fsp3) is 0.682. The Morgan fingerprint density at radius 3 is 2.80 bits per heavy atom. The number of aliphatic imine (C=N–C) groups is 1. The zero-order chi connectivity index (χ0) is 20.3. The molecule has 1 aliphatic heterocycles. The van der Waals surface area contributed by atoms with E-state index < -0.39 is 0 Å². The number of nitrogens with one attached hydrogen (secondary N) is 2. The van der Waals surface area contributed by atoms with Crippen molar-refractivity contribution < 1.29 is 9.47 Å². The number of guanidine groups is 1. The third-order valence-electron chi connectivity index (χ3n) is 5.55. The van der Waals surface area contributed by atoms with Crippen LogP contribution < -0.4 is 15.4 Å². The molecule has 1 heterocycles. The molecule has 1 saturated heterocycles. The lowest BCUT2D eigenvalue weighted by Crippen LogP contribution is -2.42. The molecule has 30 heavy (non-hydrogen) atoms. The summed E-state index contributed by atoms with van der Waals surface area (Å²) >= 11 is 1.98. The van der Waals surface area contributed by atoms with Crippen molar-refractivity contribution in [3.8, 4) is 5.75 Å². The van der Waals surface area contributed by atoms with Crippen LogP contribution in [0.5, 0.6) is 5.75 Å². The number of hydrogen-bond acceptors (Lipinski definition) is 5. The molecule has 0 radical (unpaired) electrons. The Morgan fingerprint density at radius 2 is 2.07 bits per heavy atom. The highest BCUT2D eigenvalue weighted by Crippen LogP contribution is 2.28. The number of nitrogens with zero attached hydrogens (tertiary/aromatic N) is 2. The Morgan fingerprint density at radius 1 is 1.27 bits per heavy atom. The van der Waals surface area contributed by atoms with E-state index in [-0.39, 0.29) is 24.0 Å². The van der Waals surface area contributed by atoms with Gasteiger partial charge in [-0.1, -0.05) is 18.2 Å². The molecule has 0 aromatic heterocycles. The lowest BCUT2D eigenvalue weighted by atomic mass is 10.2. The maximum atomic E-state index is 6.10. The van der Waals surface area contributed by atoms with Crippen molar-refractivity contribution in [1.29, 1.82) is 0 Å². The van der Waals surface area contributed by atoms with Crippen LogP contribution in [0.15, 0.2) is 29.3 Å². The van der Waals surface area contributed by atoms with Crippen LogP contribution in [-0.4, -0.2) is 74.4 Å². The van der Waals surface area contributed by atoms with Crippen LogP contribution >= 0.6 is 35.7 Å². The number of rotatable bonds is 9. The summed E-state index contributed by atoms with van der Waals surface area (Å²) < 4.78 is 11.5. The average molecular weight is 549 g/mol. The van der Waals surface area contributed by atoms with Gasteiger partial charge >= 0.3 is 0 Å². The lowest BCUT2D eigenvalue weighted by molar-refractivity contribution is 0.0322. The van der Waals surface area contributed by atoms with Crippen LogP contribution in [0.3, 0.4) is 0 Å². The van der Waals surface area contributed by atoms with Crippen molar-refractivity contribution in [3.63, 3.8) is 0 Å². The highest BCUT2D eigenvalue weighted by Gasteiger charge is 2.24. The number of benzene rings is 1. The van der Waals surface area contributed by atoms with E-state index in [1.54, 1.807) is 0 Å². The highest BCUT2D eigenvalue weighted by atomic mass is 127. The Labute approximate surface area is 203 Å². The molecule has 2 fully saturated rings. The van der Waals surface area contributed by atoms with Gasteiger partial charge in [0, 0.05) is 43.0 Å². The molecule has 8 heteroatoms. The fourth-order valence-corrected chi connectivity index (χ4v) is 4.64. The minimum Gasteiger partial charge on any atom is -0.492 e. The van der Waals surface area contributed by atoms with Gasteiger partial charge in [-0.25, -0.2) is 4.99 Å². The van der Waals surface area contributed by atoms with E-state index in [9.17, 15) is 0 Å². The molecule has 2 atom stereocenters. The largest absolute Gasteiger partial charge is 0.492 e. The zero-order valence-electron chi connectivity index (χ0n) is 18.3. The Hall–Kier alpha value is -0.710.